The number of aryl methyl sites for hydroxylation is 1. The van der Waals surface area contributed by atoms with Crippen molar-refractivity contribution < 1.29 is 5.11 Å². The molecule has 100 valence electrons. The minimum Gasteiger partial charge on any atom is -0.392 e. The van der Waals surface area contributed by atoms with Crippen molar-refractivity contribution in [1.29, 1.82) is 0 Å². The number of nitrogens with zero attached hydrogens (tertiary/aromatic N) is 1. The largest absolute Gasteiger partial charge is 0.392 e. The summed E-state index contributed by atoms with van der Waals surface area (Å²) < 4.78 is 0. The van der Waals surface area contributed by atoms with Crippen molar-refractivity contribution in [2.75, 3.05) is 0 Å². The number of aromatic nitrogens is 1. The number of pyridine rings is 1. The molecule has 0 bridgehead atoms. The third-order valence-corrected chi connectivity index (χ3v) is 4.65. The van der Waals surface area contributed by atoms with Gasteiger partial charge in [0.05, 0.1) is 11.1 Å². The predicted molar refractivity (Wildman–Crippen MR) is 75.8 cm³/mol. The van der Waals surface area contributed by atoms with Crippen molar-refractivity contribution in [1.82, 2.24) is 10.3 Å². The van der Waals surface area contributed by atoms with Gasteiger partial charge in [0.25, 0.3) is 0 Å². The van der Waals surface area contributed by atoms with Gasteiger partial charge in [-0.2, -0.15) is 0 Å². The van der Waals surface area contributed by atoms with Crippen molar-refractivity contribution in [3.63, 3.8) is 0 Å². The van der Waals surface area contributed by atoms with E-state index in [9.17, 15) is 5.11 Å². The van der Waals surface area contributed by atoms with Gasteiger partial charge in [0.15, 0.2) is 0 Å². The van der Waals surface area contributed by atoms with Gasteiger partial charge in [0, 0.05) is 24.0 Å². The number of rotatable bonds is 6. The van der Waals surface area contributed by atoms with Crippen LogP contribution in [0.3, 0.4) is 0 Å². The molecule has 0 spiro atoms. The number of hydrogen-bond acceptors (Lipinski definition) is 4. The lowest BCUT2D eigenvalue weighted by Gasteiger charge is -2.15. The fourth-order valence-corrected chi connectivity index (χ4v) is 2.57. The lowest BCUT2D eigenvalue weighted by molar-refractivity contribution is 0.196. The molecule has 1 fully saturated rings. The molecule has 1 aromatic heterocycles. The van der Waals surface area contributed by atoms with Crippen LogP contribution in [0, 0.1) is 6.92 Å². The Hall–Kier alpha value is -0.580. The molecule has 0 aromatic carbocycles. The Morgan fingerprint density at radius 2 is 2.22 bits per heavy atom. The smallest absolute Gasteiger partial charge is 0.0992 e. The van der Waals surface area contributed by atoms with Crippen LogP contribution in [-0.4, -0.2) is 27.5 Å². The highest BCUT2D eigenvalue weighted by Gasteiger charge is 2.20. The van der Waals surface area contributed by atoms with Crippen LogP contribution in [0.5, 0.6) is 0 Å². The van der Waals surface area contributed by atoms with Crippen molar-refractivity contribution in [2.24, 2.45) is 0 Å². The lowest BCUT2D eigenvalue weighted by Crippen LogP contribution is -2.16. The van der Waals surface area contributed by atoms with Gasteiger partial charge < -0.3 is 10.4 Å². The molecular weight excluding hydrogens is 244 g/mol. The van der Waals surface area contributed by atoms with Crippen molar-refractivity contribution in [2.45, 2.75) is 62.6 Å². The van der Waals surface area contributed by atoms with Crippen LogP contribution in [0.4, 0.5) is 0 Å². The Kier molecular flexibility index (Phi) is 4.65. The molecule has 1 aliphatic carbocycles. The molecule has 1 saturated carbocycles. The first-order valence-corrected chi connectivity index (χ1v) is 7.48. The van der Waals surface area contributed by atoms with E-state index in [1.165, 1.54) is 24.0 Å². The van der Waals surface area contributed by atoms with Crippen LogP contribution in [0.2, 0.25) is 0 Å². The highest BCUT2D eigenvalue weighted by atomic mass is 32.2. The zero-order valence-corrected chi connectivity index (χ0v) is 12.1. The number of thioether (sulfide) groups is 1. The van der Waals surface area contributed by atoms with Crippen LogP contribution >= 0.6 is 11.8 Å². The lowest BCUT2D eigenvalue weighted by atomic mass is 10.2. The Labute approximate surface area is 113 Å². The number of aliphatic hydroxyl groups is 1. The third kappa shape index (κ3) is 3.97. The van der Waals surface area contributed by atoms with Gasteiger partial charge in [0.1, 0.15) is 0 Å². The molecule has 2 unspecified atom stereocenters. The summed E-state index contributed by atoms with van der Waals surface area (Å²) in [6.07, 6.45) is 4.25. The van der Waals surface area contributed by atoms with Gasteiger partial charge in [-0.05, 0) is 37.8 Å². The molecule has 2 N–H and O–H groups in total. The van der Waals surface area contributed by atoms with Gasteiger partial charge in [-0.25, -0.2) is 4.98 Å². The topological polar surface area (TPSA) is 45.2 Å². The Morgan fingerprint density at radius 3 is 2.78 bits per heavy atom. The first-order valence-electron chi connectivity index (χ1n) is 6.60. The van der Waals surface area contributed by atoms with Gasteiger partial charge in [-0.3, -0.25) is 0 Å². The third-order valence-electron chi connectivity index (χ3n) is 3.24. The maximum absolute atomic E-state index is 9.52. The first kappa shape index (κ1) is 13.8. The number of aliphatic hydroxyl groups excluding tert-OH is 1. The maximum atomic E-state index is 9.52. The number of hydrogen-bond donors (Lipinski definition) is 2. The zero-order chi connectivity index (χ0) is 13.1. The summed E-state index contributed by atoms with van der Waals surface area (Å²) in [5.74, 6) is 0. The Morgan fingerprint density at radius 1 is 1.50 bits per heavy atom. The van der Waals surface area contributed by atoms with E-state index in [4.69, 9.17) is 0 Å². The van der Waals surface area contributed by atoms with E-state index in [2.05, 4.69) is 23.3 Å². The van der Waals surface area contributed by atoms with Crippen LogP contribution < -0.4 is 5.32 Å². The highest BCUT2D eigenvalue weighted by molar-refractivity contribution is 7.99. The normalized spacial score (nSPS) is 18.7. The molecule has 1 aliphatic rings. The molecule has 1 heterocycles. The van der Waals surface area contributed by atoms with E-state index >= 15 is 0 Å². The van der Waals surface area contributed by atoms with E-state index in [1.807, 2.05) is 20.0 Å². The summed E-state index contributed by atoms with van der Waals surface area (Å²) in [7, 11) is 0. The highest BCUT2D eigenvalue weighted by Crippen LogP contribution is 2.27. The second-order valence-corrected chi connectivity index (χ2v) is 6.55. The molecule has 2 rings (SSSR count). The van der Waals surface area contributed by atoms with Crippen LogP contribution in [0.1, 0.15) is 37.8 Å². The fourth-order valence-electron chi connectivity index (χ4n) is 1.66. The molecule has 0 amide bonds. The van der Waals surface area contributed by atoms with E-state index in [0.29, 0.717) is 0 Å². The van der Waals surface area contributed by atoms with Crippen LogP contribution in [-0.2, 0) is 6.54 Å². The molecule has 0 radical (unpaired) electrons. The van der Waals surface area contributed by atoms with Crippen molar-refractivity contribution in [3.8, 4) is 0 Å². The van der Waals surface area contributed by atoms with E-state index < -0.39 is 0 Å². The molecule has 2 atom stereocenters. The predicted octanol–water partition coefficient (Wildman–Crippen LogP) is 2.50. The van der Waals surface area contributed by atoms with E-state index in [-0.39, 0.29) is 11.4 Å². The SMILES string of the molecule is Cc1cc(CNC2CC2)cnc1SC(C)C(C)O. The van der Waals surface area contributed by atoms with Crippen LogP contribution in [0.25, 0.3) is 0 Å². The fraction of sp³-hybridized carbons (Fsp3) is 0.643. The summed E-state index contributed by atoms with van der Waals surface area (Å²) in [4.78, 5) is 4.51. The Balaban J connectivity index is 1.95. The van der Waals surface area contributed by atoms with Gasteiger partial charge in [0.2, 0.25) is 0 Å². The van der Waals surface area contributed by atoms with E-state index in [0.717, 1.165) is 17.6 Å². The summed E-state index contributed by atoms with van der Waals surface area (Å²) in [6, 6.07) is 2.93. The first-order chi connectivity index (χ1) is 8.56. The summed E-state index contributed by atoms with van der Waals surface area (Å²) in [5.41, 5.74) is 2.44. The maximum Gasteiger partial charge on any atom is 0.0992 e. The minimum atomic E-state index is -0.313. The van der Waals surface area contributed by atoms with Gasteiger partial charge >= 0.3 is 0 Å². The minimum absolute atomic E-state index is 0.173. The molecule has 18 heavy (non-hydrogen) atoms. The summed E-state index contributed by atoms with van der Waals surface area (Å²) in [6.45, 7) is 6.85. The van der Waals surface area contributed by atoms with Crippen LogP contribution in [0.15, 0.2) is 17.3 Å². The second-order valence-electron chi connectivity index (χ2n) is 5.18. The molecule has 4 heteroatoms. The summed E-state index contributed by atoms with van der Waals surface area (Å²) in [5, 5.41) is 14.2. The van der Waals surface area contributed by atoms with Crippen molar-refractivity contribution >= 4 is 11.8 Å². The quantitative estimate of drug-likeness (QED) is 0.777. The average Bonchev–Trinajstić information content (AvgIpc) is 3.13. The molecule has 1 aromatic rings. The monoisotopic (exact) mass is 266 g/mol. The molecule has 3 nitrogen and oxygen atoms in total. The standard InChI is InChI=1S/C14H22N2OS/c1-9-6-12(7-15-13-4-5-13)8-16-14(9)18-11(3)10(2)17/h6,8,10-11,13,15,17H,4-5,7H2,1-3H3. The Bertz CT molecular complexity index is 405. The van der Waals surface area contributed by atoms with Gasteiger partial charge in [-0.1, -0.05) is 13.0 Å². The average molecular weight is 266 g/mol. The zero-order valence-electron chi connectivity index (χ0n) is 11.3. The number of nitrogens with one attached hydrogen (secondary N) is 1. The van der Waals surface area contributed by atoms with Crippen molar-refractivity contribution in [3.05, 3.63) is 23.4 Å². The summed E-state index contributed by atoms with van der Waals surface area (Å²) >= 11 is 1.64. The van der Waals surface area contributed by atoms with Gasteiger partial charge in [-0.15, -0.1) is 11.8 Å². The molecule has 0 aliphatic heterocycles. The van der Waals surface area contributed by atoms with E-state index in [1.54, 1.807) is 11.8 Å². The second kappa shape index (κ2) is 6.04. The molecule has 0 saturated heterocycles. The molecular formula is C14H22N2OS.